The van der Waals surface area contributed by atoms with Gasteiger partial charge in [0.2, 0.25) is 0 Å². The maximum Gasteiger partial charge on any atom is 0.250 e. The number of hydrogen-bond donors (Lipinski definition) is 1. The van der Waals surface area contributed by atoms with Gasteiger partial charge >= 0.3 is 0 Å². The van der Waals surface area contributed by atoms with Gasteiger partial charge in [-0.1, -0.05) is 0 Å². The van der Waals surface area contributed by atoms with E-state index in [4.69, 9.17) is 9.47 Å². The molecule has 0 aromatic carbocycles. The Bertz CT molecular complexity index is 1170. The van der Waals surface area contributed by atoms with Crippen LogP contribution in [0.1, 0.15) is 24.1 Å². The highest BCUT2D eigenvalue weighted by molar-refractivity contribution is 5.85. The Labute approximate surface area is 211 Å². The van der Waals surface area contributed by atoms with Gasteiger partial charge in [-0.15, -0.1) is 24.8 Å². The fourth-order valence-electron chi connectivity index (χ4n) is 4.57. The maximum atomic E-state index is 12.1. The molecule has 5 rings (SSSR count). The van der Waals surface area contributed by atoms with Crippen LogP contribution in [-0.4, -0.2) is 58.3 Å². The fraction of sp³-hybridized carbons (Fsp3) is 0.458. The summed E-state index contributed by atoms with van der Waals surface area (Å²) in [5, 5.41) is 3.65. The van der Waals surface area contributed by atoms with Crippen LogP contribution in [0.15, 0.2) is 41.5 Å². The average molecular weight is 508 g/mol. The molecule has 0 aliphatic carbocycles. The van der Waals surface area contributed by atoms with E-state index < -0.39 is 0 Å². The number of fused-ring (bicyclic) bond motifs is 2. The number of aromatic nitrogens is 3. The van der Waals surface area contributed by atoms with Gasteiger partial charge in [-0.05, 0) is 50.0 Å². The van der Waals surface area contributed by atoms with Crippen LogP contribution >= 0.6 is 24.8 Å². The van der Waals surface area contributed by atoms with Crippen LogP contribution < -0.4 is 20.3 Å². The normalized spacial score (nSPS) is 16.0. The van der Waals surface area contributed by atoms with E-state index >= 15 is 0 Å². The summed E-state index contributed by atoms with van der Waals surface area (Å²) in [5.74, 6) is 1.52. The van der Waals surface area contributed by atoms with E-state index in [0.29, 0.717) is 19.3 Å². The molecule has 5 heterocycles. The van der Waals surface area contributed by atoms with Crippen molar-refractivity contribution >= 4 is 35.8 Å². The maximum absolute atomic E-state index is 12.1. The zero-order chi connectivity index (χ0) is 21.9. The number of ether oxygens (including phenoxy) is 2. The molecule has 0 bridgehead atoms. The van der Waals surface area contributed by atoms with Crippen molar-refractivity contribution in [1.82, 2.24) is 24.8 Å². The summed E-state index contributed by atoms with van der Waals surface area (Å²) < 4.78 is 12.9. The second-order valence-electron chi connectivity index (χ2n) is 8.50. The van der Waals surface area contributed by atoms with Crippen molar-refractivity contribution in [3.8, 4) is 11.5 Å². The van der Waals surface area contributed by atoms with Gasteiger partial charge in [0.25, 0.3) is 5.56 Å². The lowest BCUT2D eigenvalue weighted by molar-refractivity contribution is 0.170. The van der Waals surface area contributed by atoms with Gasteiger partial charge < -0.3 is 24.3 Å². The van der Waals surface area contributed by atoms with Gasteiger partial charge in [-0.2, -0.15) is 0 Å². The molecule has 0 amide bonds. The molecule has 0 saturated carbocycles. The Morgan fingerprint density at radius 2 is 1.82 bits per heavy atom. The highest BCUT2D eigenvalue weighted by atomic mass is 35.5. The van der Waals surface area contributed by atoms with Gasteiger partial charge in [0.1, 0.15) is 13.2 Å². The number of pyridine rings is 3. The second-order valence-corrected chi connectivity index (χ2v) is 8.50. The minimum Gasteiger partial charge on any atom is -0.486 e. The van der Waals surface area contributed by atoms with Crippen molar-refractivity contribution in [2.75, 3.05) is 32.8 Å². The van der Waals surface area contributed by atoms with Crippen LogP contribution in [0.4, 0.5) is 0 Å². The summed E-state index contributed by atoms with van der Waals surface area (Å²) >= 11 is 0. The average Bonchev–Trinajstić information content (AvgIpc) is 2.84. The van der Waals surface area contributed by atoms with Gasteiger partial charge in [0.15, 0.2) is 11.5 Å². The van der Waals surface area contributed by atoms with E-state index in [1.807, 2.05) is 31.4 Å². The van der Waals surface area contributed by atoms with E-state index in [1.165, 1.54) is 5.56 Å². The minimum atomic E-state index is 0. The van der Waals surface area contributed by atoms with E-state index in [9.17, 15) is 4.79 Å². The molecule has 0 spiro atoms. The molecule has 184 valence electrons. The van der Waals surface area contributed by atoms with Gasteiger partial charge in [-0.3, -0.25) is 14.8 Å². The number of likely N-dealkylation sites (tertiary alicyclic amines) is 1. The summed E-state index contributed by atoms with van der Waals surface area (Å²) in [6.07, 6.45) is 6.73. The zero-order valence-electron chi connectivity index (χ0n) is 19.2. The summed E-state index contributed by atoms with van der Waals surface area (Å²) in [7, 11) is 1.82. The van der Waals surface area contributed by atoms with Crippen molar-refractivity contribution < 1.29 is 9.47 Å². The molecule has 8 nitrogen and oxygen atoms in total. The van der Waals surface area contributed by atoms with Crippen LogP contribution in [0, 0.1) is 0 Å². The number of hydrogen-bond acceptors (Lipinski definition) is 7. The minimum absolute atomic E-state index is 0. The van der Waals surface area contributed by atoms with Crippen LogP contribution in [-0.2, 0) is 20.0 Å². The van der Waals surface area contributed by atoms with Crippen molar-refractivity contribution in [2.24, 2.45) is 7.05 Å². The van der Waals surface area contributed by atoms with Crippen LogP contribution in [0.3, 0.4) is 0 Å². The molecule has 2 aliphatic rings. The third-order valence-electron chi connectivity index (χ3n) is 6.43. The number of rotatable bonds is 6. The molecule has 0 atom stereocenters. The molecule has 1 fully saturated rings. The van der Waals surface area contributed by atoms with Gasteiger partial charge in [0, 0.05) is 44.5 Å². The Hall–Kier alpha value is -2.39. The van der Waals surface area contributed by atoms with E-state index in [0.717, 1.165) is 73.7 Å². The number of aryl methyl sites for hydroxylation is 1. The van der Waals surface area contributed by atoms with Crippen LogP contribution in [0.2, 0.25) is 0 Å². The van der Waals surface area contributed by atoms with Crippen molar-refractivity contribution in [3.63, 3.8) is 0 Å². The lowest BCUT2D eigenvalue weighted by atomic mass is 10.0. The first-order valence-electron chi connectivity index (χ1n) is 11.3. The molecule has 1 saturated heterocycles. The van der Waals surface area contributed by atoms with Crippen molar-refractivity contribution in [3.05, 3.63) is 58.3 Å². The summed E-state index contributed by atoms with van der Waals surface area (Å²) in [5.41, 5.74) is 3.99. The first-order chi connectivity index (χ1) is 15.7. The smallest absolute Gasteiger partial charge is 0.250 e. The standard InChI is InChI=1S/C24H29N5O3.2ClH/c1-28-23(30)3-2-20-24(28)17(4-8-25-20)5-9-29-10-6-18(7-11-29)26-15-19-14-21-22(16-27-19)32-13-12-31-21;;/h2-4,8,14,16,18,26H,5-7,9-13,15H2,1H3;2*1H. The highest BCUT2D eigenvalue weighted by Gasteiger charge is 2.20. The summed E-state index contributed by atoms with van der Waals surface area (Å²) in [6.45, 7) is 5.02. The number of piperidine rings is 1. The summed E-state index contributed by atoms with van der Waals surface area (Å²) in [6, 6.07) is 7.90. The lowest BCUT2D eigenvalue weighted by Crippen LogP contribution is -2.43. The molecule has 3 aromatic rings. The van der Waals surface area contributed by atoms with Crippen molar-refractivity contribution in [2.45, 2.75) is 31.8 Å². The van der Waals surface area contributed by atoms with Gasteiger partial charge in [0.05, 0.1) is 22.9 Å². The number of halogens is 2. The lowest BCUT2D eigenvalue weighted by Gasteiger charge is -2.32. The van der Waals surface area contributed by atoms with E-state index in [-0.39, 0.29) is 30.4 Å². The van der Waals surface area contributed by atoms with Crippen molar-refractivity contribution in [1.29, 1.82) is 0 Å². The molecular weight excluding hydrogens is 477 g/mol. The third kappa shape index (κ3) is 5.81. The first-order valence-corrected chi connectivity index (χ1v) is 11.3. The Kier molecular flexibility index (Phi) is 9.13. The first kappa shape index (κ1) is 26.2. The molecule has 10 heteroatoms. The molecule has 0 radical (unpaired) electrons. The topological polar surface area (TPSA) is 81.5 Å². The fourth-order valence-corrected chi connectivity index (χ4v) is 4.57. The van der Waals surface area contributed by atoms with Gasteiger partial charge in [-0.25, -0.2) is 0 Å². The van der Waals surface area contributed by atoms with E-state index in [2.05, 4.69) is 20.2 Å². The predicted molar refractivity (Wildman–Crippen MR) is 137 cm³/mol. The second kappa shape index (κ2) is 11.8. The number of nitrogens with zero attached hydrogens (tertiary/aromatic N) is 4. The predicted octanol–water partition coefficient (Wildman–Crippen LogP) is 2.74. The highest BCUT2D eigenvalue weighted by Crippen LogP contribution is 2.29. The Morgan fingerprint density at radius 1 is 1.06 bits per heavy atom. The Morgan fingerprint density at radius 3 is 2.62 bits per heavy atom. The van der Waals surface area contributed by atoms with E-state index in [1.54, 1.807) is 16.8 Å². The molecular formula is C24H31Cl2N5O3. The number of nitrogens with one attached hydrogen (secondary N) is 1. The molecule has 34 heavy (non-hydrogen) atoms. The van der Waals surface area contributed by atoms with Crippen LogP contribution in [0.25, 0.3) is 11.0 Å². The molecule has 2 aliphatic heterocycles. The third-order valence-corrected chi connectivity index (χ3v) is 6.43. The molecule has 3 aromatic heterocycles. The SMILES string of the molecule is Cl.Cl.Cn1c(=O)ccc2nccc(CCN3CCC(NCc4cc5c(cn4)OCCO5)CC3)c21. The largest absolute Gasteiger partial charge is 0.486 e. The Balaban J connectivity index is 0.00000162. The zero-order valence-corrected chi connectivity index (χ0v) is 20.9. The van der Waals surface area contributed by atoms with Crippen LogP contribution in [0.5, 0.6) is 11.5 Å². The quantitative estimate of drug-likeness (QED) is 0.549. The molecule has 0 unspecified atom stereocenters. The monoisotopic (exact) mass is 507 g/mol. The molecule has 1 N–H and O–H groups in total. The summed E-state index contributed by atoms with van der Waals surface area (Å²) in [4.78, 5) is 23.5.